The van der Waals surface area contributed by atoms with Crippen LogP contribution in [-0.2, 0) is 28.7 Å². The summed E-state index contributed by atoms with van der Waals surface area (Å²) in [6.45, 7) is 13.6. The molecule has 2 unspecified atom stereocenters. The van der Waals surface area contributed by atoms with Gasteiger partial charge in [0.1, 0.15) is 5.78 Å². The summed E-state index contributed by atoms with van der Waals surface area (Å²) in [5.74, 6) is -4.53. The number of fused-ring (bicyclic) bond motifs is 4. The summed E-state index contributed by atoms with van der Waals surface area (Å²) in [6, 6.07) is 0. The van der Waals surface area contributed by atoms with Crippen LogP contribution in [0, 0.1) is 39.4 Å². The van der Waals surface area contributed by atoms with Gasteiger partial charge < -0.3 is 20.1 Å². The highest BCUT2D eigenvalue weighted by atomic mass is 16.5. The Hall–Kier alpha value is -2.65. The van der Waals surface area contributed by atoms with Crippen molar-refractivity contribution in [2.24, 2.45) is 39.4 Å². The van der Waals surface area contributed by atoms with Gasteiger partial charge in [0.05, 0.1) is 29.0 Å². The number of allylic oxidation sites excluding steroid dienone is 1. The van der Waals surface area contributed by atoms with Gasteiger partial charge in [0, 0.05) is 25.3 Å². The zero-order chi connectivity index (χ0) is 31.0. The SMILES string of the molecule is CC(=O)O[C@@H]1C(=O)C2=C([C@@H](O)C[C@H]3C(C)(C)[C@@H](O)CC[C@]23C)[C@]2(C)C(=O)C=C(C(C)CC(=O)CC(C)C(=O)O)[C@@]12C. The van der Waals surface area contributed by atoms with Crippen LogP contribution in [-0.4, -0.2) is 62.9 Å². The van der Waals surface area contributed by atoms with E-state index in [9.17, 15) is 39.3 Å². The number of ether oxygens (including phenoxy) is 1. The third kappa shape index (κ3) is 4.29. The fourth-order valence-corrected chi connectivity index (χ4v) is 8.87. The number of Topliss-reactive ketones (excluding diaryl/α,β-unsaturated/α-hetero) is 2. The normalized spacial score (nSPS) is 39.2. The Balaban J connectivity index is 1.88. The van der Waals surface area contributed by atoms with Crippen molar-refractivity contribution in [1.82, 2.24) is 0 Å². The van der Waals surface area contributed by atoms with Gasteiger partial charge in [0.15, 0.2) is 11.9 Å². The van der Waals surface area contributed by atoms with Crippen LogP contribution in [0.25, 0.3) is 0 Å². The molecule has 9 atom stereocenters. The van der Waals surface area contributed by atoms with Crippen LogP contribution < -0.4 is 0 Å². The standard InChI is InChI=1S/C32H44O9/c1-15(11-18(34)12-16(2)28(39)40)19-13-23(37)32(8)24-20(35)14-21-29(4,5)22(36)9-10-30(21,6)25(24)26(38)27(31(19,32)7)41-17(3)33/h13,15-16,20-22,27,35-36H,9-12,14H2,1-8H3,(H,39,40)/t15?,16?,20-,21-,22-,27+,30-,31-,32-/m0/s1. The van der Waals surface area contributed by atoms with Crippen LogP contribution in [0.5, 0.6) is 0 Å². The second-order valence-electron chi connectivity index (χ2n) is 14.1. The summed E-state index contributed by atoms with van der Waals surface area (Å²) in [5, 5.41) is 31.9. The zero-order valence-electron chi connectivity index (χ0n) is 25.4. The summed E-state index contributed by atoms with van der Waals surface area (Å²) in [4.78, 5) is 65.3. The number of carbonyl (C=O) groups excluding carboxylic acids is 4. The first-order chi connectivity index (χ1) is 18.8. The largest absolute Gasteiger partial charge is 0.481 e. The highest BCUT2D eigenvalue weighted by Crippen LogP contribution is 2.69. The summed E-state index contributed by atoms with van der Waals surface area (Å²) in [5.41, 5.74) is -3.03. The molecule has 226 valence electrons. The Bertz CT molecular complexity index is 1270. The Morgan fingerprint density at radius 1 is 1.05 bits per heavy atom. The molecule has 0 aromatic heterocycles. The lowest BCUT2D eigenvalue weighted by molar-refractivity contribution is -0.171. The number of hydrogen-bond donors (Lipinski definition) is 3. The van der Waals surface area contributed by atoms with Crippen molar-refractivity contribution in [2.75, 3.05) is 0 Å². The summed E-state index contributed by atoms with van der Waals surface area (Å²) in [7, 11) is 0. The number of carbonyl (C=O) groups is 5. The molecule has 0 aromatic rings. The number of aliphatic carboxylic acids is 1. The molecule has 0 spiro atoms. The Morgan fingerprint density at radius 3 is 2.22 bits per heavy atom. The lowest BCUT2D eigenvalue weighted by atomic mass is 9.42. The first kappa shape index (κ1) is 31.3. The molecule has 1 fully saturated rings. The van der Waals surface area contributed by atoms with E-state index in [1.807, 2.05) is 20.8 Å². The molecule has 4 aliphatic rings. The highest BCUT2D eigenvalue weighted by molar-refractivity contribution is 6.12. The molecule has 9 heteroatoms. The van der Waals surface area contributed by atoms with Gasteiger partial charge in [-0.25, -0.2) is 0 Å². The molecule has 41 heavy (non-hydrogen) atoms. The molecule has 4 rings (SSSR count). The lowest BCUT2D eigenvalue weighted by Crippen LogP contribution is -2.65. The van der Waals surface area contributed by atoms with E-state index in [-0.39, 0.29) is 36.7 Å². The van der Waals surface area contributed by atoms with Gasteiger partial charge in [-0.3, -0.25) is 24.0 Å². The van der Waals surface area contributed by atoms with E-state index in [1.54, 1.807) is 20.8 Å². The van der Waals surface area contributed by atoms with E-state index in [2.05, 4.69) is 0 Å². The molecule has 0 bridgehead atoms. The molecule has 9 nitrogen and oxygen atoms in total. The molecular formula is C32H44O9. The van der Waals surface area contributed by atoms with E-state index in [0.29, 0.717) is 29.6 Å². The van der Waals surface area contributed by atoms with Crippen molar-refractivity contribution in [3.63, 3.8) is 0 Å². The van der Waals surface area contributed by atoms with Crippen LogP contribution in [0.15, 0.2) is 22.8 Å². The minimum Gasteiger partial charge on any atom is -0.481 e. The van der Waals surface area contributed by atoms with E-state index in [0.717, 1.165) is 0 Å². The third-order valence-electron chi connectivity index (χ3n) is 11.4. The molecular weight excluding hydrogens is 528 g/mol. The Labute approximate surface area is 241 Å². The molecule has 1 saturated carbocycles. The maximum atomic E-state index is 14.6. The van der Waals surface area contributed by atoms with Gasteiger partial charge >= 0.3 is 11.9 Å². The van der Waals surface area contributed by atoms with Crippen LogP contribution >= 0.6 is 0 Å². The third-order valence-corrected chi connectivity index (χ3v) is 11.4. The zero-order valence-corrected chi connectivity index (χ0v) is 25.4. The van der Waals surface area contributed by atoms with Crippen LogP contribution in [0.2, 0.25) is 0 Å². The maximum absolute atomic E-state index is 14.6. The van der Waals surface area contributed by atoms with Gasteiger partial charge in [-0.2, -0.15) is 0 Å². The molecule has 0 amide bonds. The monoisotopic (exact) mass is 572 g/mol. The fraction of sp³-hybridized carbons (Fsp3) is 0.719. The molecule has 0 saturated heterocycles. The van der Waals surface area contributed by atoms with Crippen molar-refractivity contribution in [3.05, 3.63) is 22.8 Å². The van der Waals surface area contributed by atoms with Gasteiger partial charge in [0.2, 0.25) is 5.78 Å². The number of aliphatic hydroxyl groups is 2. The maximum Gasteiger partial charge on any atom is 0.306 e. The van der Waals surface area contributed by atoms with Gasteiger partial charge in [-0.1, -0.05) is 47.1 Å². The number of esters is 1. The van der Waals surface area contributed by atoms with E-state index < -0.39 is 69.5 Å². The van der Waals surface area contributed by atoms with Crippen LogP contribution in [0.4, 0.5) is 0 Å². The highest BCUT2D eigenvalue weighted by Gasteiger charge is 2.72. The Kier molecular flexibility index (Phi) is 7.61. The van der Waals surface area contributed by atoms with Crippen molar-refractivity contribution in [1.29, 1.82) is 0 Å². The number of ketones is 3. The fourth-order valence-electron chi connectivity index (χ4n) is 8.87. The van der Waals surface area contributed by atoms with Crippen LogP contribution in [0.1, 0.15) is 87.5 Å². The van der Waals surface area contributed by atoms with Crippen molar-refractivity contribution in [3.8, 4) is 0 Å². The van der Waals surface area contributed by atoms with Crippen molar-refractivity contribution < 1.29 is 44.0 Å². The number of aliphatic hydroxyl groups excluding tert-OH is 2. The molecule has 0 aliphatic heterocycles. The lowest BCUT2D eigenvalue weighted by Gasteiger charge is -2.62. The first-order valence-electron chi connectivity index (χ1n) is 14.6. The summed E-state index contributed by atoms with van der Waals surface area (Å²) in [6.07, 6.45) is -0.728. The summed E-state index contributed by atoms with van der Waals surface area (Å²) >= 11 is 0. The minimum atomic E-state index is -1.43. The number of carboxylic acid groups (broad SMARTS) is 1. The van der Waals surface area contributed by atoms with E-state index in [4.69, 9.17) is 4.74 Å². The quantitative estimate of drug-likeness (QED) is 0.388. The average Bonchev–Trinajstić information content (AvgIpc) is 3.07. The number of rotatable bonds is 7. The molecule has 0 aromatic carbocycles. The molecule has 3 N–H and O–H groups in total. The van der Waals surface area contributed by atoms with Crippen molar-refractivity contribution >= 4 is 29.3 Å². The minimum absolute atomic E-state index is 0.0519. The van der Waals surface area contributed by atoms with Gasteiger partial charge in [-0.05, 0) is 60.5 Å². The second kappa shape index (κ2) is 9.97. The van der Waals surface area contributed by atoms with Crippen LogP contribution in [0.3, 0.4) is 0 Å². The topological polar surface area (TPSA) is 155 Å². The number of carboxylic acids is 1. The molecule has 4 aliphatic carbocycles. The Morgan fingerprint density at radius 2 is 1.66 bits per heavy atom. The van der Waals surface area contributed by atoms with E-state index >= 15 is 0 Å². The summed E-state index contributed by atoms with van der Waals surface area (Å²) < 4.78 is 5.79. The van der Waals surface area contributed by atoms with Crippen molar-refractivity contribution in [2.45, 2.75) is 106 Å². The molecule has 0 heterocycles. The average molecular weight is 573 g/mol. The molecule has 0 radical (unpaired) electrons. The first-order valence-corrected chi connectivity index (χ1v) is 14.6. The second-order valence-corrected chi connectivity index (χ2v) is 14.1. The van der Waals surface area contributed by atoms with Gasteiger partial charge in [0.25, 0.3) is 0 Å². The van der Waals surface area contributed by atoms with E-state index in [1.165, 1.54) is 19.9 Å². The smallest absolute Gasteiger partial charge is 0.306 e. The predicted octanol–water partition coefficient (Wildman–Crippen LogP) is 3.59. The number of hydrogen-bond acceptors (Lipinski definition) is 8. The van der Waals surface area contributed by atoms with Gasteiger partial charge in [-0.15, -0.1) is 0 Å². The predicted molar refractivity (Wildman–Crippen MR) is 148 cm³/mol.